The molecule has 0 fully saturated rings. The van der Waals surface area contributed by atoms with Crippen LogP contribution in [-0.2, 0) is 6.54 Å². The number of para-hydroxylation sites is 1. The minimum atomic E-state index is -0.141. The number of carbonyl (C=O) groups excluding carboxylic acids is 1. The van der Waals surface area contributed by atoms with Crippen LogP contribution in [0, 0.1) is 13.8 Å². The first-order valence-electron chi connectivity index (χ1n) is 8.47. The van der Waals surface area contributed by atoms with Crippen LogP contribution < -0.4 is 5.56 Å². The lowest BCUT2D eigenvalue weighted by atomic mass is 10.1. The van der Waals surface area contributed by atoms with Crippen LogP contribution in [0.15, 0.2) is 53.3 Å². The number of pyridine rings is 1. The molecule has 0 aliphatic heterocycles. The van der Waals surface area contributed by atoms with E-state index in [1.165, 1.54) is 0 Å². The van der Waals surface area contributed by atoms with Crippen LogP contribution >= 0.6 is 0 Å². The van der Waals surface area contributed by atoms with Crippen LogP contribution in [0.4, 0.5) is 0 Å². The summed E-state index contributed by atoms with van der Waals surface area (Å²) >= 11 is 0. The Labute approximate surface area is 147 Å². The van der Waals surface area contributed by atoms with Gasteiger partial charge in [-0.15, -0.1) is 0 Å². The second kappa shape index (κ2) is 6.93. The van der Waals surface area contributed by atoms with Gasteiger partial charge in [0, 0.05) is 17.7 Å². The molecule has 0 saturated heterocycles. The normalized spacial score (nSPS) is 10.8. The molecule has 128 valence electrons. The first-order valence-corrected chi connectivity index (χ1v) is 8.47. The number of benzene rings is 2. The van der Waals surface area contributed by atoms with Crippen LogP contribution in [-0.4, -0.2) is 22.3 Å². The lowest BCUT2D eigenvalue weighted by Gasteiger charge is -2.21. The monoisotopic (exact) mass is 334 g/mol. The lowest BCUT2D eigenvalue weighted by molar-refractivity contribution is 0.0752. The predicted molar refractivity (Wildman–Crippen MR) is 101 cm³/mol. The Morgan fingerprint density at radius 2 is 1.84 bits per heavy atom. The Bertz CT molecular complexity index is 989. The summed E-state index contributed by atoms with van der Waals surface area (Å²) in [7, 11) is 0. The van der Waals surface area contributed by atoms with Crippen molar-refractivity contribution in [2.75, 3.05) is 6.54 Å². The largest absolute Gasteiger partial charge is 0.334 e. The number of H-pyrrole nitrogens is 1. The van der Waals surface area contributed by atoms with Crippen molar-refractivity contribution in [1.82, 2.24) is 9.88 Å². The molecular formula is C21H22N2O2. The number of rotatable bonds is 4. The zero-order valence-corrected chi connectivity index (χ0v) is 14.8. The summed E-state index contributed by atoms with van der Waals surface area (Å²) in [6.45, 7) is 6.69. The number of amides is 1. The number of aromatic nitrogens is 1. The summed E-state index contributed by atoms with van der Waals surface area (Å²) in [5.74, 6) is -0.0602. The summed E-state index contributed by atoms with van der Waals surface area (Å²) in [6.07, 6.45) is 0. The van der Waals surface area contributed by atoms with E-state index in [4.69, 9.17) is 0 Å². The minimum Gasteiger partial charge on any atom is -0.334 e. The maximum absolute atomic E-state index is 12.8. The molecule has 0 unspecified atom stereocenters. The van der Waals surface area contributed by atoms with Gasteiger partial charge in [0.15, 0.2) is 0 Å². The van der Waals surface area contributed by atoms with E-state index in [9.17, 15) is 9.59 Å². The van der Waals surface area contributed by atoms with E-state index in [1.807, 2.05) is 69.3 Å². The van der Waals surface area contributed by atoms with Gasteiger partial charge in [0.2, 0.25) is 0 Å². The van der Waals surface area contributed by atoms with E-state index in [0.29, 0.717) is 24.2 Å². The minimum absolute atomic E-state index is 0.0602. The van der Waals surface area contributed by atoms with Gasteiger partial charge in [-0.1, -0.05) is 35.9 Å². The predicted octanol–water partition coefficient (Wildman–Crippen LogP) is 3.81. The Kier molecular flexibility index (Phi) is 4.70. The van der Waals surface area contributed by atoms with Crippen LogP contribution in [0.2, 0.25) is 0 Å². The molecule has 1 N–H and O–H groups in total. The number of hydrogen-bond acceptors (Lipinski definition) is 2. The number of aryl methyl sites for hydroxylation is 2. The zero-order chi connectivity index (χ0) is 18.0. The molecule has 0 radical (unpaired) electrons. The second-order valence-electron chi connectivity index (χ2n) is 6.35. The van der Waals surface area contributed by atoms with E-state index in [0.717, 1.165) is 22.0 Å². The highest BCUT2D eigenvalue weighted by atomic mass is 16.2. The van der Waals surface area contributed by atoms with Gasteiger partial charge in [0.1, 0.15) is 0 Å². The van der Waals surface area contributed by atoms with Crippen LogP contribution in [0.5, 0.6) is 0 Å². The van der Waals surface area contributed by atoms with Gasteiger partial charge in [-0.2, -0.15) is 0 Å². The number of aromatic amines is 1. The summed E-state index contributed by atoms with van der Waals surface area (Å²) in [5.41, 5.74) is 4.03. The van der Waals surface area contributed by atoms with E-state index in [-0.39, 0.29) is 11.5 Å². The Balaban J connectivity index is 1.94. The smallest absolute Gasteiger partial charge is 0.254 e. The van der Waals surface area contributed by atoms with Crippen molar-refractivity contribution in [3.8, 4) is 0 Å². The van der Waals surface area contributed by atoms with Crippen molar-refractivity contribution in [3.63, 3.8) is 0 Å². The van der Waals surface area contributed by atoms with Crippen LogP contribution in [0.25, 0.3) is 10.9 Å². The summed E-state index contributed by atoms with van der Waals surface area (Å²) in [6, 6.07) is 15.3. The van der Waals surface area contributed by atoms with Gasteiger partial charge in [-0.3, -0.25) is 9.59 Å². The molecule has 4 heteroatoms. The zero-order valence-electron chi connectivity index (χ0n) is 14.8. The molecule has 2 aromatic carbocycles. The highest BCUT2D eigenvalue weighted by Gasteiger charge is 2.16. The molecule has 3 aromatic rings. The number of nitrogens with zero attached hydrogens (tertiary/aromatic N) is 1. The number of nitrogens with one attached hydrogen (secondary N) is 1. The molecule has 0 saturated carbocycles. The van der Waals surface area contributed by atoms with E-state index in [1.54, 1.807) is 4.90 Å². The second-order valence-corrected chi connectivity index (χ2v) is 6.35. The standard InChI is InChI=1S/C21H22N2O2/c1-4-23(21(25)17-10-5-7-14(2)11-17)13-18-12-16-9-6-8-15(3)19(16)22-20(18)24/h5-12H,4,13H2,1-3H3,(H,22,24). The summed E-state index contributed by atoms with van der Waals surface area (Å²) < 4.78 is 0. The van der Waals surface area contributed by atoms with Crippen molar-refractivity contribution >= 4 is 16.8 Å². The first-order chi connectivity index (χ1) is 12.0. The van der Waals surface area contributed by atoms with E-state index >= 15 is 0 Å². The van der Waals surface area contributed by atoms with Gasteiger partial charge in [-0.25, -0.2) is 0 Å². The average Bonchev–Trinajstić information content (AvgIpc) is 2.60. The fraction of sp³-hybridized carbons (Fsp3) is 0.238. The van der Waals surface area contributed by atoms with Crippen molar-refractivity contribution < 1.29 is 4.79 Å². The Morgan fingerprint density at radius 3 is 2.56 bits per heavy atom. The molecule has 0 spiro atoms. The average molecular weight is 334 g/mol. The molecule has 4 nitrogen and oxygen atoms in total. The Hall–Kier alpha value is -2.88. The third-order valence-corrected chi connectivity index (χ3v) is 4.46. The van der Waals surface area contributed by atoms with E-state index < -0.39 is 0 Å². The summed E-state index contributed by atoms with van der Waals surface area (Å²) in [5, 5.41) is 0.980. The van der Waals surface area contributed by atoms with Gasteiger partial charge in [0.05, 0.1) is 12.1 Å². The lowest BCUT2D eigenvalue weighted by Crippen LogP contribution is -2.32. The number of hydrogen-bond donors (Lipinski definition) is 1. The molecule has 0 aliphatic carbocycles. The number of carbonyl (C=O) groups is 1. The van der Waals surface area contributed by atoms with Crippen molar-refractivity contribution in [2.45, 2.75) is 27.3 Å². The van der Waals surface area contributed by atoms with Crippen molar-refractivity contribution in [3.05, 3.63) is 81.1 Å². The van der Waals surface area contributed by atoms with Gasteiger partial charge in [0.25, 0.3) is 11.5 Å². The van der Waals surface area contributed by atoms with E-state index in [2.05, 4.69) is 4.98 Å². The fourth-order valence-corrected chi connectivity index (χ4v) is 3.04. The molecule has 1 heterocycles. The van der Waals surface area contributed by atoms with Gasteiger partial charge in [-0.05, 0) is 49.9 Å². The highest BCUT2D eigenvalue weighted by Crippen LogP contribution is 2.16. The molecule has 1 amide bonds. The van der Waals surface area contributed by atoms with Crippen LogP contribution in [0.3, 0.4) is 0 Å². The maximum Gasteiger partial charge on any atom is 0.254 e. The number of fused-ring (bicyclic) bond motifs is 1. The van der Waals surface area contributed by atoms with Crippen LogP contribution in [0.1, 0.15) is 34.0 Å². The molecule has 0 atom stereocenters. The topological polar surface area (TPSA) is 53.2 Å². The SMILES string of the molecule is CCN(Cc1cc2cccc(C)c2[nH]c1=O)C(=O)c1cccc(C)c1. The molecule has 3 rings (SSSR count). The van der Waals surface area contributed by atoms with Crippen molar-refractivity contribution in [2.24, 2.45) is 0 Å². The quantitative estimate of drug-likeness (QED) is 0.789. The highest BCUT2D eigenvalue weighted by molar-refractivity contribution is 5.94. The third-order valence-electron chi connectivity index (χ3n) is 4.46. The third kappa shape index (κ3) is 3.48. The maximum atomic E-state index is 12.8. The Morgan fingerprint density at radius 1 is 1.08 bits per heavy atom. The van der Waals surface area contributed by atoms with Gasteiger partial charge < -0.3 is 9.88 Å². The molecule has 25 heavy (non-hydrogen) atoms. The fourth-order valence-electron chi connectivity index (χ4n) is 3.04. The van der Waals surface area contributed by atoms with Gasteiger partial charge >= 0.3 is 0 Å². The molecule has 0 aliphatic rings. The molecule has 0 bridgehead atoms. The first kappa shape index (κ1) is 17.0. The van der Waals surface area contributed by atoms with Crippen molar-refractivity contribution in [1.29, 1.82) is 0 Å². The molecule has 1 aromatic heterocycles. The molecular weight excluding hydrogens is 312 g/mol. The summed E-state index contributed by atoms with van der Waals surface area (Å²) in [4.78, 5) is 29.9.